The summed E-state index contributed by atoms with van der Waals surface area (Å²) in [4.78, 5) is 24.8. The maximum atomic E-state index is 12.8. The Kier molecular flexibility index (Phi) is 6.15. The van der Waals surface area contributed by atoms with Crippen molar-refractivity contribution in [3.05, 3.63) is 103 Å². The maximum Gasteiger partial charge on any atom is 0.435 e. The zero-order valence-electron chi connectivity index (χ0n) is 22.4. The highest BCUT2D eigenvalue weighted by Crippen LogP contribution is 2.39. The molecule has 2 heterocycles. The van der Waals surface area contributed by atoms with Gasteiger partial charge in [0.2, 0.25) is 0 Å². The van der Waals surface area contributed by atoms with Gasteiger partial charge in [-0.3, -0.25) is 4.90 Å². The Hall–Kier alpha value is -5.24. The van der Waals surface area contributed by atoms with Crippen LogP contribution in [-0.2, 0) is 4.74 Å². The van der Waals surface area contributed by atoms with Crippen LogP contribution in [0.5, 0.6) is 0 Å². The third kappa shape index (κ3) is 4.82. The summed E-state index contributed by atoms with van der Waals surface area (Å²) in [6.45, 7) is 5.49. The van der Waals surface area contributed by atoms with Gasteiger partial charge in [-0.25, -0.2) is 14.8 Å². The molecule has 0 aliphatic rings. The molecule has 0 spiro atoms. The average molecular weight is 529 g/mol. The Balaban J connectivity index is 1.54. The molecule has 0 aliphatic carbocycles. The largest absolute Gasteiger partial charge is 0.442 e. The van der Waals surface area contributed by atoms with Gasteiger partial charge in [0.1, 0.15) is 11.4 Å². The Morgan fingerprint density at radius 2 is 1.62 bits per heavy atom. The molecule has 0 aliphatic heterocycles. The summed E-state index contributed by atoms with van der Waals surface area (Å²) in [5.74, 6) is 1.29. The van der Waals surface area contributed by atoms with Gasteiger partial charge in [0.25, 0.3) is 0 Å². The second kappa shape index (κ2) is 9.81. The van der Waals surface area contributed by atoms with Crippen molar-refractivity contribution in [2.24, 2.45) is 0 Å². The molecule has 198 valence electrons. The zero-order chi connectivity index (χ0) is 27.9. The van der Waals surface area contributed by atoms with E-state index < -0.39 is 11.7 Å². The number of para-hydroxylation sites is 2. The van der Waals surface area contributed by atoms with Gasteiger partial charge in [0.05, 0.1) is 17.2 Å². The molecule has 0 saturated carbocycles. The summed E-state index contributed by atoms with van der Waals surface area (Å²) < 4.78 is 6.83. The number of carbonyl (C=O) groups is 1. The van der Waals surface area contributed by atoms with Crippen LogP contribution in [-0.4, -0.2) is 31.4 Å². The standard InChI is InChI=1S/C32H28N6O2/c1-32(2,3)40-31(39)38-28-17-16-25(19-22(28)20-34-38)37(24-12-5-4-6-13-24)30-26-14-7-8-15-27(26)35-29(36-30)21-10-9-11-23(33)18-21/h4-20H,33H2,1-3H3. The molecule has 6 rings (SSSR count). The predicted molar refractivity (Wildman–Crippen MR) is 159 cm³/mol. The van der Waals surface area contributed by atoms with E-state index in [-0.39, 0.29) is 0 Å². The van der Waals surface area contributed by atoms with Gasteiger partial charge < -0.3 is 10.5 Å². The fourth-order valence-corrected chi connectivity index (χ4v) is 4.62. The van der Waals surface area contributed by atoms with E-state index in [1.807, 2.05) is 118 Å². The summed E-state index contributed by atoms with van der Waals surface area (Å²) in [5.41, 5.74) is 10.2. The fourth-order valence-electron chi connectivity index (χ4n) is 4.62. The number of anilines is 4. The summed E-state index contributed by atoms with van der Waals surface area (Å²) >= 11 is 0. The highest BCUT2D eigenvalue weighted by molar-refractivity contribution is 5.98. The first kappa shape index (κ1) is 25.1. The lowest BCUT2D eigenvalue weighted by Gasteiger charge is -2.26. The van der Waals surface area contributed by atoms with Gasteiger partial charge in [-0.15, -0.1) is 0 Å². The smallest absolute Gasteiger partial charge is 0.435 e. The van der Waals surface area contributed by atoms with Crippen LogP contribution in [0.15, 0.2) is 103 Å². The number of hydrogen-bond donors (Lipinski definition) is 1. The first-order valence-electron chi connectivity index (χ1n) is 13.0. The summed E-state index contributed by atoms with van der Waals surface area (Å²) in [7, 11) is 0. The van der Waals surface area contributed by atoms with Crippen LogP contribution in [0.3, 0.4) is 0 Å². The molecular weight excluding hydrogens is 500 g/mol. The van der Waals surface area contributed by atoms with Gasteiger partial charge in [0.15, 0.2) is 5.82 Å². The Morgan fingerprint density at radius 1 is 0.850 bits per heavy atom. The van der Waals surface area contributed by atoms with Crippen molar-refractivity contribution < 1.29 is 9.53 Å². The number of benzene rings is 4. The van der Waals surface area contributed by atoms with Crippen molar-refractivity contribution in [1.29, 1.82) is 0 Å². The highest BCUT2D eigenvalue weighted by Gasteiger charge is 2.23. The van der Waals surface area contributed by atoms with Crippen molar-refractivity contribution in [2.45, 2.75) is 26.4 Å². The Bertz CT molecular complexity index is 1860. The lowest BCUT2D eigenvalue weighted by Crippen LogP contribution is -2.27. The molecule has 40 heavy (non-hydrogen) atoms. The van der Waals surface area contributed by atoms with Gasteiger partial charge in [-0.05, 0) is 75.4 Å². The molecule has 0 amide bonds. The third-order valence-electron chi connectivity index (χ3n) is 6.33. The number of nitrogen functional groups attached to an aromatic ring is 1. The minimum Gasteiger partial charge on any atom is -0.442 e. The number of carbonyl (C=O) groups excluding carboxylic acids is 1. The van der Waals surface area contributed by atoms with Crippen LogP contribution in [0.2, 0.25) is 0 Å². The molecule has 4 aromatic carbocycles. The van der Waals surface area contributed by atoms with E-state index >= 15 is 0 Å². The molecule has 0 unspecified atom stereocenters. The van der Waals surface area contributed by atoms with E-state index in [0.717, 1.165) is 33.2 Å². The van der Waals surface area contributed by atoms with Crippen LogP contribution >= 0.6 is 0 Å². The number of nitrogens with two attached hydrogens (primary N) is 1. The first-order valence-corrected chi connectivity index (χ1v) is 13.0. The summed E-state index contributed by atoms with van der Waals surface area (Å²) in [6.07, 6.45) is 1.14. The highest BCUT2D eigenvalue weighted by atomic mass is 16.6. The molecule has 2 aromatic heterocycles. The van der Waals surface area contributed by atoms with E-state index in [2.05, 4.69) is 10.00 Å². The Labute approximate surface area is 231 Å². The zero-order valence-corrected chi connectivity index (χ0v) is 22.4. The average Bonchev–Trinajstić information content (AvgIpc) is 3.36. The second-order valence-corrected chi connectivity index (χ2v) is 10.5. The normalized spacial score (nSPS) is 11.6. The van der Waals surface area contributed by atoms with Crippen LogP contribution in [0.25, 0.3) is 33.2 Å². The molecule has 8 nitrogen and oxygen atoms in total. The first-order chi connectivity index (χ1) is 19.3. The number of fused-ring (bicyclic) bond motifs is 2. The van der Waals surface area contributed by atoms with Crippen molar-refractivity contribution in [3.8, 4) is 11.4 Å². The number of nitrogens with zero attached hydrogens (tertiary/aromatic N) is 5. The summed E-state index contributed by atoms with van der Waals surface area (Å²) in [6, 6.07) is 31.3. The Morgan fingerprint density at radius 3 is 2.40 bits per heavy atom. The molecular formula is C32H28N6O2. The van der Waals surface area contributed by atoms with Crippen molar-refractivity contribution in [2.75, 3.05) is 10.6 Å². The summed E-state index contributed by atoms with van der Waals surface area (Å²) in [5, 5.41) is 6.01. The lowest BCUT2D eigenvalue weighted by molar-refractivity contribution is 0.0522. The van der Waals surface area contributed by atoms with E-state index in [1.54, 1.807) is 6.20 Å². The van der Waals surface area contributed by atoms with E-state index in [1.165, 1.54) is 4.68 Å². The van der Waals surface area contributed by atoms with Gasteiger partial charge in [-0.1, -0.05) is 42.5 Å². The lowest BCUT2D eigenvalue weighted by atomic mass is 10.1. The molecule has 6 aromatic rings. The molecule has 0 bridgehead atoms. The molecule has 0 atom stereocenters. The monoisotopic (exact) mass is 528 g/mol. The van der Waals surface area contributed by atoms with Gasteiger partial charge in [0, 0.05) is 33.4 Å². The van der Waals surface area contributed by atoms with Gasteiger partial charge in [-0.2, -0.15) is 9.78 Å². The molecule has 0 fully saturated rings. The number of rotatable bonds is 4. The van der Waals surface area contributed by atoms with Crippen molar-refractivity contribution in [1.82, 2.24) is 19.7 Å². The molecule has 2 N–H and O–H groups in total. The molecule has 8 heteroatoms. The van der Waals surface area contributed by atoms with Crippen molar-refractivity contribution >= 4 is 50.8 Å². The van der Waals surface area contributed by atoms with Crippen LogP contribution in [0, 0.1) is 0 Å². The topological polar surface area (TPSA) is 99.2 Å². The minimum absolute atomic E-state index is 0.524. The quantitative estimate of drug-likeness (QED) is 0.237. The van der Waals surface area contributed by atoms with Crippen LogP contribution < -0.4 is 10.6 Å². The number of aromatic nitrogens is 4. The predicted octanol–water partition coefficient (Wildman–Crippen LogP) is 7.48. The van der Waals surface area contributed by atoms with Gasteiger partial charge >= 0.3 is 6.09 Å². The van der Waals surface area contributed by atoms with E-state index in [4.69, 9.17) is 20.4 Å². The SMILES string of the molecule is CC(C)(C)OC(=O)n1ncc2cc(N(c3ccccc3)c3nc(-c4cccc(N)c4)nc4ccccc34)ccc21. The van der Waals surface area contributed by atoms with Crippen LogP contribution in [0.4, 0.5) is 27.7 Å². The number of hydrogen-bond acceptors (Lipinski definition) is 7. The number of ether oxygens (including phenoxy) is 1. The molecule has 0 radical (unpaired) electrons. The second-order valence-electron chi connectivity index (χ2n) is 10.5. The van der Waals surface area contributed by atoms with E-state index in [0.29, 0.717) is 22.8 Å². The fraction of sp³-hybridized carbons (Fsp3) is 0.125. The molecule has 0 saturated heterocycles. The van der Waals surface area contributed by atoms with E-state index in [9.17, 15) is 4.79 Å². The van der Waals surface area contributed by atoms with Crippen LogP contribution in [0.1, 0.15) is 20.8 Å². The maximum absolute atomic E-state index is 12.8. The minimum atomic E-state index is -0.630. The van der Waals surface area contributed by atoms with Crippen molar-refractivity contribution in [3.63, 3.8) is 0 Å². The third-order valence-corrected chi connectivity index (χ3v) is 6.33.